The lowest BCUT2D eigenvalue weighted by Crippen LogP contribution is -2.26. The summed E-state index contributed by atoms with van der Waals surface area (Å²) in [6.07, 6.45) is 2.50. The number of aromatic nitrogens is 1. The van der Waals surface area contributed by atoms with E-state index >= 15 is 0 Å². The standard InChI is InChI=1S/C24H24N4OS/c1-16-22(17-7-3-2-4-8-17)26-24(30-16)21-20(29)15-28(23(21)25)19-11-9-18(10-12-19)27-13-5-6-14-27/h2-4,7-12,25,29H,5-6,13-15H2,1H3. The molecule has 5 rings (SSSR count). The molecular formula is C24H24N4OS. The number of amidine groups is 1. The van der Waals surface area contributed by atoms with E-state index in [0.717, 1.165) is 34.9 Å². The van der Waals surface area contributed by atoms with E-state index in [1.807, 2.05) is 54.3 Å². The van der Waals surface area contributed by atoms with E-state index in [-0.39, 0.29) is 5.76 Å². The molecule has 0 spiro atoms. The number of hydrogen-bond acceptors (Lipinski definition) is 5. The van der Waals surface area contributed by atoms with Crippen LogP contribution in [0.25, 0.3) is 16.8 Å². The molecule has 5 nitrogen and oxygen atoms in total. The molecule has 0 amide bonds. The Hall–Kier alpha value is -3.12. The van der Waals surface area contributed by atoms with Gasteiger partial charge in [0.15, 0.2) is 0 Å². The molecule has 0 atom stereocenters. The first-order chi connectivity index (χ1) is 14.6. The molecule has 30 heavy (non-hydrogen) atoms. The number of hydrogen-bond donors (Lipinski definition) is 2. The zero-order chi connectivity index (χ0) is 20.7. The second-order valence-electron chi connectivity index (χ2n) is 7.76. The van der Waals surface area contributed by atoms with Crippen molar-refractivity contribution in [3.63, 3.8) is 0 Å². The van der Waals surface area contributed by atoms with Crippen molar-refractivity contribution in [2.24, 2.45) is 0 Å². The van der Waals surface area contributed by atoms with Gasteiger partial charge < -0.3 is 14.9 Å². The number of aliphatic hydroxyl groups excluding tert-OH is 1. The van der Waals surface area contributed by atoms with Gasteiger partial charge in [-0.2, -0.15) is 0 Å². The largest absolute Gasteiger partial charge is 0.510 e. The van der Waals surface area contributed by atoms with Gasteiger partial charge >= 0.3 is 0 Å². The lowest BCUT2D eigenvalue weighted by molar-refractivity contribution is 0.411. The van der Waals surface area contributed by atoms with Gasteiger partial charge in [0, 0.05) is 34.9 Å². The average molecular weight is 417 g/mol. The Bertz CT molecular complexity index is 1110. The molecule has 3 heterocycles. The van der Waals surface area contributed by atoms with Crippen LogP contribution in [-0.2, 0) is 0 Å². The quantitative estimate of drug-likeness (QED) is 0.591. The second-order valence-corrected chi connectivity index (χ2v) is 8.96. The van der Waals surface area contributed by atoms with Crippen LogP contribution >= 0.6 is 11.3 Å². The molecule has 1 aromatic heterocycles. The fourth-order valence-electron chi connectivity index (χ4n) is 4.21. The number of anilines is 2. The minimum Gasteiger partial charge on any atom is -0.510 e. The lowest BCUT2D eigenvalue weighted by Gasteiger charge is -2.21. The summed E-state index contributed by atoms with van der Waals surface area (Å²) in [5.74, 6) is 0.506. The van der Waals surface area contributed by atoms with E-state index in [1.165, 1.54) is 29.9 Å². The van der Waals surface area contributed by atoms with Crippen molar-refractivity contribution >= 4 is 34.1 Å². The molecule has 0 radical (unpaired) electrons. The van der Waals surface area contributed by atoms with Crippen molar-refractivity contribution in [3.05, 3.63) is 70.2 Å². The number of nitrogens with one attached hydrogen (secondary N) is 1. The highest BCUT2D eigenvalue weighted by Crippen LogP contribution is 2.37. The van der Waals surface area contributed by atoms with Crippen molar-refractivity contribution in [3.8, 4) is 11.3 Å². The monoisotopic (exact) mass is 416 g/mol. The number of nitrogens with zero attached hydrogens (tertiary/aromatic N) is 3. The molecule has 0 unspecified atom stereocenters. The van der Waals surface area contributed by atoms with E-state index in [9.17, 15) is 5.11 Å². The highest BCUT2D eigenvalue weighted by Gasteiger charge is 2.32. The van der Waals surface area contributed by atoms with Crippen LogP contribution in [-0.4, -0.2) is 35.6 Å². The summed E-state index contributed by atoms with van der Waals surface area (Å²) in [4.78, 5) is 10.1. The summed E-state index contributed by atoms with van der Waals surface area (Å²) in [5, 5.41) is 20.1. The summed E-state index contributed by atoms with van der Waals surface area (Å²) in [6, 6.07) is 18.4. The van der Waals surface area contributed by atoms with Crippen molar-refractivity contribution in [2.75, 3.05) is 29.4 Å². The van der Waals surface area contributed by atoms with E-state index in [1.54, 1.807) is 0 Å². The van der Waals surface area contributed by atoms with Crippen LogP contribution in [0.3, 0.4) is 0 Å². The fraction of sp³-hybridized carbons (Fsp3) is 0.250. The highest BCUT2D eigenvalue weighted by molar-refractivity contribution is 7.13. The Labute approximate surface area is 180 Å². The minimum atomic E-state index is 0.206. The SMILES string of the molecule is Cc1sc(C2=C(O)CN(c3ccc(N4CCCC4)cc3)C2=N)nc1-c1ccccc1. The Balaban J connectivity index is 1.40. The maximum Gasteiger partial charge on any atom is 0.139 e. The Morgan fingerprint density at radius 3 is 2.33 bits per heavy atom. The molecule has 2 aliphatic rings. The van der Waals surface area contributed by atoms with Crippen LogP contribution in [0.15, 0.2) is 60.4 Å². The van der Waals surface area contributed by atoms with Crippen LogP contribution in [0.1, 0.15) is 22.7 Å². The van der Waals surface area contributed by atoms with Gasteiger partial charge in [0.05, 0.1) is 17.8 Å². The third-order valence-electron chi connectivity index (χ3n) is 5.79. The summed E-state index contributed by atoms with van der Waals surface area (Å²) in [7, 11) is 0. The zero-order valence-electron chi connectivity index (χ0n) is 16.9. The second kappa shape index (κ2) is 7.61. The van der Waals surface area contributed by atoms with Gasteiger partial charge in [0.25, 0.3) is 0 Å². The van der Waals surface area contributed by atoms with Crippen LogP contribution in [0.5, 0.6) is 0 Å². The molecule has 3 aromatic rings. The molecule has 1 saturated heterocycles. The number of rotatable bonds is 4. The maximum atomic E-state index is 10.7. The molecule has 2 N–H and O–H groups in total. The van der Waals surface area contributed by atoms with Crippen LogP contribution in [0.2, 0.25) is 0 Å². The van der Waals surface area contributed by atoms with Gasteiger partial charge in [0.1, 0.15) is 16.6 Å². The Morgan fingerprint density at radius 1 is 0.967 bits per heavy atom. The molecule has 2 aliphatic heterocycles. The van der Waals surface area contributed by atoms with Crippen LogP contribution < -0.4 is 9.80 Å². The van der Waals surface area contributed by atoms with Crippen LogP contribution in [0.4, 0.5) is 11.4 Å². The Kier molecular flexibility index (Phi) is 4.79. The minimum absolute atomic E-state index is 0.206. The third kappa shape index (κ3) is 3.27. The third-order valence-corrected chi connectivity index (χ3v) is 6.78. The molecule has 0 aliphatic carbocycles. The van der Waals surface area contributed by atoms with E-state index in [4.69, 9.17) is 10.4 Å². The van der Waals surface area contributed by atoms with E-state index in [0.29, 0.717) is 23.0 Å². The van der Waals surface area contributed by atoms with Crippen molar-refractivity contribution < 1.29 is 5.11 Å². The summed E-state index contributed by atoms with van der Waals surface area (Å²) >= 11 is 1.53. The van der Waals surface area contributed by atoms with Gasteiger partial charge in [-0.05, 0) is 44.0 Å². The Morgan fingerprint density at radius 2 is 1.63 bits per heavy atom. The van der Waals surface area contributed by atoms with Gasteiger partial charge in [-0.25, -0.2) is 4.98 Å². The predicted molar refractivity (Wildman–Crippen MR) is 125 cm³/mol. The van der Waals surface area contributed by atoms with E-state index < -0.39 is 0 Å². The number of aliphatic hydroxyl groups is 1. The zero-order valence-corrected chi connectivity index (χ0v) is 17.7. The number of aryl methyl sites for hydroxylation is 1. The normalized spacial score (nSPS) is 16.8. The number of thiazole rings is 1. The predicted octanol–water partition coefficient (Wildman–Crippen LogP) is 5.49. The first kappa shape index (κ1) is 18.9. The number of benzene rings is 2. The molecule has 0 saturated carbocycles. The summed E-state index contributed by atoms with van der Waals surface area (Å²) in [6.45, 7) is 4.56. The van der Waals surface area contributed by atoms with Gasteiger partial charge in [0.2, 0.25) is 0 Å². The molecule has 1 fully saturated rings. The molecule has 0 bridgehead atoms. The highest BCUT2D eigenvalue weighted by atomic mass is 32.1. The molecule has 152 valence electrons. The maximum absolute atomic E-state index is 10.7. The lowest BCUT2D eigenvalue weighted by atomic mass is 10.1. The van der Waals surface area contributed by atoms with Crippen molar-refractivity contribution in [1.82, 2.24) is 4.98 Å². The topological polar surface area (TPSA) is 63.5 Å². The van der Waals surface area contributed by atoms with Crippen LogP contribution in [0, 0.1) is 12.3 Å². The fourth-order valence-corrected chi connectivity index (χ4v) is 5.21. The summed E-state index contributed by atoms with van der Waals surface area (Å²) in [5.41, 5.74) is 4.64. The van der Waals surface area contributed by atoms with Gasteiger partial charge in [-0.15, -0.1) is 11.3 Å². The first-order valence-electron chi connectivity index (χ1n) is 10.3. The van der Waals surface area contributed by atoms with Crippen molar-refractivity contribution in [2.45, 2.75) is 19.8 Å². The van der Waals surface area contributed by atoms with Gasteiger partial charge in [-0.3, -0.25) is 5.41 Å². The van der Waals surface area contributed by atoms with Gasteiger partial charge in [-0.1, -0.05) is 30.3 Å². The molecular weight excluding hydrogens is 392 g/mol. The van der Waals surface area contributed by atoms with Crippen molar-refractivity contribution in [1.29, 1.82) is 5.41 Å². The summed E-state index contributed by atoms with van der Waals surface area (Å²) < 4.78 is 0. The molecule has 6 heteroatoms. The first-order valence-corrected chi connectivity index (χ1v) is 11.1. The average Bonchev–Trinajstić information content (AvgIpc) is 3.49. The smallest absolute Gasteiger partial charge is 0.139 e. The van der Waals surface area contributed by atoms with E-state index in [2.05, 4.69) is 17.0 Å². The molecule has 2 aromatic carbocycles.